The summed E-state index contributed by atoms with van der Waals surface area (Å²) in [5, 5.41) is 29.2. The highest BCUT2D eigenvalue weighted by atomic mass is 16.3. The molecule has 128 valence electrons. The van der Waals surface area contributed by atoms with Gasteiger partial charge in [0.05, 0.1) is 0 Å². The molecule has 0 aliphatic heterocycles. The van der Waals surface area contributed by atoms with Crippen molar-refractivity contribution in [1.82, 2.24) is 0 Å². The van der Waals surface area contributed by atoms with Gasteiger partial charge in [-0.2, -0.15) is 0 Å². The van der Waals surface area contributed by atoms with E-state index in [0.29, 0.717) is 5.75 Å². The first kappa shape index (κ1) is 16.9. The van der Waals surface area contributed by atoms with E-state index in [4.69, 9.17) is 0 Å². The van der Waals surface area contributed by atoms with Crippen LogP contribution in [-0.4, -0.2) is 15.3 Å². The lowest BCUT2D eigenvalue weighted by Gasteiger charge is -2.20. The molecule has 3 aromatic carbocycles. The zero-order chi connectivity index (χ0) is 18.0. The van der Waals surface area contributed by atoms with Crippen LogP contribution in [0.25, 0.3) is 0 Å². The number of benzene rings is 3. The Bertz CT molecular complexity index is 882. The van der Waals surface area contributed by atoms with Gasteiger partial charge in [-0.15, -0.1) is 0 Å². The first-order chi connectivity index (χ1) is 11.9. The minimum atomic E-state index is 0.0869. The number of rotatable bonds is 4. The topological polar surface area (TPSA) is 60.7 Å². The molecule has 0 radical (unpaired) electrons. The Morgan fingerprint density at radius 2 is 1.24 bits per heavy atom. The lowest BCUT2D eigenvalue weighted by atomic mass is 9.85. The second-order valence-electron chi connectivity index (χ2n) is 6.52. The van der Waals surface area contributed by atoms with Crippen LogP contribution in [0.15, 0.2) is 60.7 Å². The lowest BCUT2D eigenvalue weighted by molar-refractivity contribution is 0.470. The van der Waals surface area contributed by atoms with Gasteiger partial charge in [0.2, 0.25) is 0 Å². The summed E-state index contributed by atoms with van der Waals surface area (Å²) in [5.41, 5.74) is 5.01. The molecule has 0 aromatic heterocycles. The van der Waals surface area contributed by atoms with E-state index >= 15 is 0 Å². The summed E-state index contributed by atoms with van der Waals surface area (Å²) in [4.78, 5) is 0. The van der Waals surface area contributed by atoms with Gasteiger partial charge in [0, 0.05) is 5.92 Å². The number of phenolic OH excluding ortho intramolecular Hbond substituents is 3. The van der Waals surface area contributed by atoms with Crippen molar-refractivity contribution in [3.63, 3.8) is 0 Å². The molecule has 0 bridgehead atoms. The van der Waals surface area contributed by atoms with Crippen molar-refractivity contribution >= 4 is 0 Å². The number of hydrogen-bond acceptors (Lipinski definition) is 3. The molecular weight excluding hydrogens is 312 g/mol. The number of phenols is 3. The van der Waals surface area contributed by atoms with Crippen LogP contribution >= 0.6 is 0 Å². The van der Waals surface area contributed by atoms with E-state index in [1.165, 1.54) is 0 Å². The first-order valence-corrected chi connectivity index (χ1v) is 8.31. The normalized spacial score (nSPS) is 12.1. The molecule has 3 heteroatoms. The molecule has 0 saturated heterocycles. The largest absolute Gasteiger partial charge is 0.508 e. The maximum absolute atomic E-state index is 9.83. The average Bonchev–Trinajstić information content (AvgIpc) is 2.59. The molecule has 3 aromatic rings. The van der Waals surface area contributed by atoms with Crippen molar-refractivity contribution in [2.24, 2.45) is 0 Å². The Kier molecular flexibility index (Phi) is 4.66. The predicted octanol–water partition coefficient (Wildman–Crippen LogP) is 4.79. The predicted molar refractivity (Wildman–Crippen MR) is 99.3 cm³/mol. The maximum atomic E-state index is 9.83. The van der Waals surface area contributed by atoms with Gasteiger partial charge in [0.25, 0.3) is 0 Å². The standard InChI is InChI=1S/C22H22O3/c1-14-11-16(3-9-21(14)24)13-20(17-4-7-19(23)8-5-17)18-6-10-22(25)15(2)12-18/h3-12,20,23-25H,13H2,1-2H3. The van der Waals surface area contributed by atoms with E-state index in [1.807, 2.05) is 50.2 Å². The van der Waals surface area contributed by atoms with Crippen molar-refractivity contribution in [3.05, 3.63) is 88.5 Å². The highest BCUT2D eigenvalue weighted by Gasteiger charge is 2.17. The van der Waals surface area contributed by atoms with E-state index in [1.54, 1.807) is 24.3 Å². The van der Waals surface area contributed by atoms with Crippen molar-refractivity contribution < 1.29 is 15.3 Å². The van der Waals surface area contributed by atoms with Crippen molar-refractivity contribution in [2.75, 3.05) is 0 Å². The minimum Gasteiger partial charge on any atom is -0.508 e. The van der Waals surface area contributed by atoms with E-state index < -0.39 is 0 Å². The monoisotopic (exact) mass is 334 g/mol. The third-order valence-electron chi connectivity index (χ3n) is 4.62. The van der Waals surface area contributed by atoms with Crippen LogP contribution in [0.5, 0.6) is 17.2 Å². The molecule has 3 rings (SSSR count). The van der Waals surface area contributed by atoms with Crippen LogP contribution in [0.3, 0.4) is 0 Å². The summed E-state index contributed by atoms with van der Waals surface area (Å²) in [6.45, 7) is 3.77. The van der Waals surface area contributed by atoms with Crippen molar-refractivity contribution in [1.29, 1.82) is 0 Å². The molecule has 0 aliphatic rings. The SMILES string of the molecule is Cc1cc(CC(c2ccc(O)cc2)c2ccc(O)c(C)c2)ccc1O. The minimum absolute atomic E-state index is 0.0869. The highest BCUT2D eigenvalue weighted by molar-refractivity contribution is 5.43. The fourth-order valence-corrected chi connectivity index (χ4v) is 3.11. The number of aromatic hydroxyl groups is 3. The molecule has 1 unspecified atom stereocenters. The molecule has 0 heterocycles. The van der Waals surface area contributed by atoms with Crippen LogP contribution in [-0.2, 0) is 6.42 Å². The number of hydrogen-bond donors (Lipinski definition) is 3. The Morgan fingerprint density at radius 3 is 1.84 bits per heavy atom. The lowest BCUT2D eigenvalue weighted by Crippen LogP contribution is -2.06. The third kappa shape index (κ3) is 3.77. The Hall–Kier alpha value is -2.94. The average molecular weight is 334 g/mol. The maximum Gasteiger partial charge on any atom is 0.118 e. The zero-order valence-corrected chi connectivity index (χ0v) is 14.4. The number of aryl methyl sites for hydroxylation is 2. The Labute approximate surface area is 147 Å². The molecule has 0 spiro atoms. The molecule has 0 aliphatic carbocycles. The third-order valence-corrected chi connectivity index (χ3v) is 4.62. The molecule has 0 fully saturated rings. The van der Waals surface area contributed by atoms with Crippen LogP contribution in [0, 0.1) is 13.8 Å². The second-order valence-corrected chi connectivity index (χ2v) is 6.52. The molecule has 0 amide bonds. The van der Waals surface area contributed by atoms with Crippen LogP contribution in [0.4, 0.5) is 0 Å². The van der Waals surface area contributed by atoms with Gasteiger partial charge in [0.15, 0.2) is 0 Å². The van der Waals surface area contributed by atoms with Crippen LogP contribution in [0.1, 0.15) is 33.7 Å². The summed E-state index contributed by atoms with van der Waals surface area (Å²) in [7, 11) is 0. The second kappa shape index (κ2) is 6.89. The summed E-state index contributed by atoms with van der Waals surface area (Å²) in [5.74, 6) is 0.910. The molecule has 3 N–H and O–H groups in total. The van der Waals surface area contributed by atoms with Gasteiger partial charge < -0.3 is 15.3 Å². The molecule has 25 heavy (non-hydrogen) atoms. The zero-order valence-electron chi connectivity index (χ0n) is 14.4. The van der Waals surface area contributed by atoms with Crippen LogP contribution < -0.4 is 0 Å². The first-order valence-electron chi connectivity index (χ1n) is 8.31. The summed E-state index contributed by atoms with van der Waals surface area (Å²) in [6.07, 6.45) is 0.760. The van der Waals surface area contributed by atoms with Gasteiger partial charge in [-0.3, -0.25) is 0 Å². The van der Waals surface area contributed by atoms with Gasteiger partial charge in [-0.25, -0.2) is 0 Å². The smallest absolute Gasteiger partial charge is 0.118 e. The highest BCUT2D eigenvalue weighted by Crippen LogP contribution is 2.33. The van der Waals surface area contributed by atoms with E-state index in [2.05, 4.69) is 0 Å². The van der Waals surface area contributed by atoms with Crippen molar-refractivity contribution in [3.8, 4) is 17.2 Å². The van der Waals surface area contributed by atoms with Gasteiger partial charge in [-0.1, -0.05) is 36.4 Å². The van der Waals surface area contributed by atoms with E-state index in [-0.39, 0.29) is 17.4 Å². The fourth-order valence-electron chi connectivity index (χ4n) is 3.11. The van der Waals surface area contributed by atoms with Gasteiger partial charge >= 0.3 is 0 Å². The Morgan fingerprint density at radius 1 is 0.680 bits per heavy atom. The van der Waals surface area contributed by atoms with Gasteiger partial charge in [-0.05, 0) is 72.4 Å². The molecule has 1 atom stereocenters. The fraction of sp³-hybridized carbons (Fsp3) is 0.182. The van der Waals surface area contributed by atoms with E-state index in [0.717, 1.165) is 34.2 Å². The van der Waals surface area contributed by atoms with Crippen LogP contribution in [0.2, 0.25) is 0 Å². The summed E-state index contributed by atoms with van der Waals surface area (Å²) < 4.78 is 0. The van der Waals surface area contributed by atoms with Crippen molar-refractivity contribution in [2.45, 2.75) is 26.2 Å². The molecule has 0 saturated carbocycles. The molecular formula is C22H22O3. The Balaban J connectivity index is 2.02. The summed E-state index contributed by atoms with van der Waals surface area (Å²) in [6, 6.07) is 18.5. The van der Waals surface area contributed by atoms with Gasteiger partial charge in [0.1, 0.15) is 17.2 Å². The summed E-state index contributed by atoms with van der Waals surface area (Å²) >= 11 is 0. The quantitative estimate of drug-likeness (QED) is 0.642. The molecule has 3 nitrogen and oxygen atoms in total. The van der Waals surface area contributed by atoms with E-state index in [9.17, 15) is 15.3 Å².